The van der Waals surface area contributed by atoms with E-state index in [4.69, 9.17) is 10.5 Å². The van der Waals surface area contributed by atoms with Crippen molar-refractivity contribution in [3.8, 4) is 0 Å². The van der Waals surface area contributed by atoms with Crippen LogP contribution in [-0.2, 0) is 9.53 Å². The molecule has 1 unspecified atom stereocenters. The third-order valence-corrected chi connectivity index (χ3v) is 3.52. The molecule has 1 aromatic carbocycles. The van der Waals surface area contributed by atoms with E-state index in [2.05, 4.69) is 0 Å². The predicted molar refractivity (Wildman–Crippen MR) is 75.9 cm³/mol. The molecule has 0 saturated carbocycles. The van der Waals surface area contributed by atoms with Gasteiger partial charge in [0.05, 0.1) is 18.1 Å². The molecule has 1 atom stereocenters. The van der Waals surface area contributed by atoms with Gasteiger partial charge in [0.25, 0.3) is 0 Å². The SMILES string of the molecule is CC(C(=O)N1CCOC(C)(C)C1)c1cccc(N)c1. The number of benzene rings is 1. The summed E-state index contributed by atoms with van der Waals surface area (Å²) in [7, 11) is 0. The highest BCUT2D eigenvalue weighted by molar-refractivity contribution is 5.83. The molecular weight excluding hydrogens is 240 g/mol. The van der Waals surface area contributed by atoms with Crippen LogP contribution in [0.4, 0.5) is 5.69 Å². The number of anilines is 1. The van der Waals surface area contributed by atoms with E-state index in [1.54, 1.807) is 0 Å². The molecule has 0 radical (unpaired) electrons. The van der Waals surface area contributed by atoms with E-state index in [0.29, 0.717) is 25.4 Å². The van der Waals surface area contributed by atoms with Gasteiger partial charge < -0.3 is 15.4 Å². The number of nitrogen functional groups attached to an aromatic ring is 1. The van der Waals surface area contributed by atoms with Gasteiger partial charge >= 0.3 is 0 Å². The highest BCUT2D eigenvalue weighted by Crippen LogP contribution is 2.23. The summed E-state index contributed by atoms with van der Waals surface area (Å²) in [5.74, 6) is -0.0284. The molecule has 19 heavy (non-hydrogen) atoms. The maximum absolute atomic E-state index is 12.5. The van der Waals surface area contributed by atoms with E-state index in [1.165, 1.54) is 0 Å². The average Bonchev–Trinajstić information content (AvgIpc) is 2.36. The summed E-state index contributed by atoms with van der Waals surface area (Å²) in [6.45, 7) is 7.85. The minimum absolute atomic E-state index is 0.141. The van der Waals surface area contributed by atoms with E-state index in [-0.39, 0.29) is 17.4 Å². The predicted octanol–water partition coefficient (Wildman–Crippen LogP) is 2.01. The van der Waals surface area contributed by atoms with Crippen LogP contribution < -0.4 is 5.73 Å². The molecule has 2 N–H and O–H groups in total. The summed E-state index contributed by atoms with van der Waals surface area (Å²) in [5, 5.41) is 0. The topological polar surface area (TPSA) is 55.6 Å². The molecule has 1 aliphatic rings. The first-order chi connectivity index (χ1) is 8.89. The summed E-state index contributed by atoms with van der Waals surface area (Å²) in [4.78, 5) is 14.4. The van der Waals surface area contributed by atoms with Crippen LogP contribution in [0, 0.1) is 0 Å². The summed E-state index contributed by atoms with van der Waals surface area (Å²) in [6, 6.07) is 7.54. The molecule has 1 amide bonds. The molecule has 0 spiro atoms. The van der Waals surface area contributed by atoms with Crippen molar-refractivity contribution in [3.05, 3.63) is 29.8 Å². The number of amides is 1. The van der Waals surface area contributed by atoms with Gasteiger partial charge in [0.1, 0.15) is 0 Å². The number of nitrogens with zero attached hydrogens (tertiary/aromatic N) is 1. The van der Waals surface area contributed by atoms with Crippen molar-refractivity contribution in [2.24, 2.45) is 0 Å². The zero-order chi connectivity index (χ0) is 14.0. The molecule has 1 fully saturated rings. The fourth-order valence-electron chi connectivity index (χ4n) is 2.45. The first kappa shape index (κ1) is 13.9. The van der Waals surface area contributed by atoms with E-state index in [1.807, 2.05) is 49.9 Å². The summed E-state index contributed by atoms with van der Waals surface area (Å²) >= 11 is 0. The van der Waals surface area contributed by atoms with Gasteiger partial charge in [-0.3, -0.25) is 4.79 Å². The van der Waals surface area contributed by atoms with Crippen molar-refractivity contribution < 1.29 is 9.53 Å². The van der Waals surface area contributed by atoms with Crippen LogP contribution in [-0.4, -0.2) is 36.1 Å². The molecule has 104 valence electrons. The summed E-state index contributed by atoms with van der Waals surface area (Å²) in [6.07, 6.45) is 0. The lowest BCUT2D eigenvalue weighted by atomic mass is 9.97. The molecule has 1 aromatic rings. The van der Waals surface area contributed by atoms with Crippen LogP contribution in [0.3, 0.4) is 0 Å². The minimum Gasteiger partial charge on any atom is -0.399 e. The van der Waals surface area contributed by atoms with Gasteiger partial charge in [-0.2, -0.15) is 0 Å². The Balaban J connectivity index is 2.11. The third kappa shape index (κ3) is 3.26. The second-order valence-corrected chi connectivity index (χ2v) is 5.76. The van der Waals surface area contributed by atoms with Gasteiger partial charge in [0, 0.05) is 18.8 Å². The number of morpholine rings is 1. The maximum Gasteiger partial charge on any atom is 0.230 e. The zero-order valence-corrected chi connectivity index (χ0v) is 11.8. The van der Waals surface area contributed by atoms with Crippen molar-refractivity contribution >= 4 is 11.6 Å². The normalized spacial score (nSPS) is 20.1. The molecular formula is C15H22N2O2. The molecule has 4 nitrogen and oxygen atoms in total. The molecule has 0 bridgehead atoms. The molecule has 0 aromatic heterocycles. The molecule has 2 rings (SSSR count). The Bertz CT molecular complexity index is 471. The van der Waals surface area contributed by atoms with Crippen LogP contribution in [0.1, 0.15) is 32.3 Å². The fraction of sp³-hybridized carbons (Fsp3) is 0.533. The van der Waals surface area contributed by atoms with E-state index >= 15 is 0 Å². The van der Waals surface area contributed by atoms with Crippen LogP contribution in [0.25, 0.3) is 0 Å². The zero-order valence-electron chi connectivity index (χ0n) is 11.8. The molecule has 1 saturated heterocycles. The van der Waals surface area contributed by atoms with E-state index in [9.17, 15) is 4.79 Å². The van der Waals surface area contributed by atoms with Crippen LogP contribution in [0.5, 0.6) is 0 Å². The lowest BCUT2D eigenvalue weighted by molar-refractivity contribution is -0.147. The quantitative estimate of drug-likeness (QED) is 0.829. The van der Waals surface area contributed by atoms with Crippen molar-refractivity contribution in [1.82, 2.24) is 4.90 Å². The average molecular weight is 262 g/mol. The van der Waals surface area contributed by atoms with E-state index in [0.717, 1.165) is 5.56 Å². The number of rotatable bonds is 2. The number of carbonyl (C=O) groups is 1. The lowest BCUT2D eigenvalue weighted by Crippen LogP contribution is -2.51. The summed E-state index contributed by atoms with van der Waals surface area (Å²) < 4.78 is 5.64. The van der Waals surface area contributed by atoms with Gasteiger partial charge in [-0.25, -0.2) is 0 Å². The minimum atomic E-state index is -0.261. The lowest BCUT2D eigenvalue weighted by Gasteiger charge is -2.39. The number of hydrogen-bond donors (Lipinski definition) is 1. The first-order valence-electron chi connectivity index (χ1n) is 6.67. The van der Waals surface area contributed by atoms with Crippen LogP contribution >= 0.6 is 0 Å². The maximum atomic E-state index is 12.5. The van der Waals surface area contributed by atoms with Crippen molar-refractivity contribution in [3.63, 3.8) is 0 Å². The standard InChI is InChI=1S/C15H22N2O2/c1-11(12-5-4-6-13(16)9-12)14(18)17-7-8-19-15(2,3)10-17/h4-6,9,11H,7-8,10,16H2,1-3H3. The smallest absolute Gasteiger partial charge is 0.230 e. The van der Waals surface area contributed by atoms with Crippen LogP contribution in [0.2, 0.25) is 0 Å². The van der Waals surface area contributed by atoms with Crippen molar-refractivity contribution in [2.75, 3.05) is 25.4 Å². The van der Waals surface area contributed by atoms with Gasteiger partial charge in [-0.1, -0.05) is 12.1 Å². The number of nitrogens with two attached hydrogens (primary N) is 1. The Morgan fingerprint density at radius 3 is 2.84 bits per heavy atom. The van der Waals surface area contributed by atoms with Crippen molar-refractivity contribution in [2.45, 2.75) is 32.3 Å². The second kappa shape index (κ2) is 5.21. The number of ether oxygens (including phenoxy) is 1. The largest absolute Gasteiger partial charge is 0.399 e. The Hall–Kier alpha value is -1.55. The number of hydrogen-bond acceptors (Lipinski definition) is 3. The van der Waals surface area contributed by atoms with Gasteiger partial charge in [-0.15, -0.1) is 0 Å². The monoisotopic (exact) mass is 262 g/mol. The number of carbonyl (C=O) groups excluding carboxylic acids is 1. The Morgan fingerprint density at radius 2 is 2.21 bits per heavy atom. The molecule has 1 aliphatic heterocycles. The molecule has 4 heteroatoms. The van der Waals surface area contributed by atoms with Gasteiger partial charge in [0.15, 0.2) is 0 Å². The fourth-order valence-corrected chi connectivity index (χ4v) is 2.45. The summed E-state index contributed by atoms with van der Waals surface area (Å²) in [5.41, 5.74) is 7.17. The molecule has 0 aliphatic carbocycles. The van der Waals surface area contributed by atoms with Gasteiger partial charge in [0.2, 0.25) is 5.91 Å². The second-order valence-electron chi connectivity index (χ2n) is 5.76. The Morgan fingerprint density at radius 1 is 1.47 bits per heavy atom. The van der Waals surface area contributed by atoms with Crippen molar-refractivity contribution in [1.29, 1.82) is 0 Å². The highest BCUT2D eigenvalue weighted by atomic mass is 16.5. The third-order valence-electron chi connectivity index (χ3n) is 3.52. The Labute approximate surface area is 114 Å². The van der Waals surface area contributed by atoms with Crippen LogP contribution in [0.15, 0.2) is 24.3 Å². The first-order valence-corrected chi connectivity index (χ1v) is 6.67. The molecule has 1 heterocycles. The highest BCUT2D eigenvalue weighted by Gasteiger charge is 2.32. The van der Waals surface area contributed by atoms with E-state index < -0.39 is 0 Å². The van der Waals surface area contributed by atoms with Gasteiger partial charge in [-0.05, 0) is 38.5 Å². The Kier molecular flexibility index (Phi) is 3.80.